The molecule has 0 spiro atoms. The van der Waals surface area contributed by atoms with Crippen LogP contribution in [0.5, 0.6) is 0 Å². The minimum atomic E-state index is -3.51. The van der Waals surface area contributed by atoms with Crippen LogP contribution in [0.15, 0.2) is 23.4 Å². The average Bonchev–Trinajstić information content (AvgIpc) is 2.47. The summed E-state index contributed by atoms with van der Waals surface area (Å²) < 4.78 is 32.2. The summed E-state index contributed by atoms with van der Waals surface area (Å²) in [5.74, 6) is 0. The summed E-state index contributed by atoms with van der Waals surface area (Å²) in [5.41, 5.74) is 0.697. The molecule has 6 nitrogen and oxygen atoms in total. The zero-order valence-corrected chi connectivity index (χ0v) is 13.6. The SMILES string of the molecule is CCCCOCCCNS(=O)(=O)c1cncc(NCC)c1. The van der Waals surface area contributed by atoms with Crippen LogP contribution in [-0.2, 0) is 14.8 Å². The van der Waals surface area contributed by atoms with Gasteiger partial charge in [0, 0.05) is 32.5 Å². The van der Waals surface area contributed by atoms with E-state index in [9.17, 15) is 8.42 Å². The van der Waals surface area contributed by atoms with Crippen molar-refractivity contribution in [1.82, 2.24) is 9.71 Å². The fourth-order valence-electron chi connectivity index (χ4n) is 1.68. The number of sulfonamides is 1. The zero-order valence-electron chi connectivity index (χ0n) is 12.8. The van der Waals surface area contributed by atoms with E-state index in [1.807, 2.05) is 6.92 Å². The number of ether oxygens (including phenoxy) is 1. The van der Waals surface area contributed by atoms with Gasteiger partial charge in [0.1, 0.15) is 4.90 Å². The second kappa shape index (κ2) is 9.70. The lowest BCUT2D eigenvalue weighted by Gasteiger charge is -2.09. The van der Waals surface area contributed by atoms with Crippen molar-refractivity contribution >= 4 is 15.7 Å². The average molecular weight is 315 g/mol. The van der Waals surface area contributed by atoms with Gasteiger partial charge in [-0.3, -0.25) is 4.98 Å². The van der Waals surface area contributed by atoms with Crippen molar-refractivity contribution in [3.63, 3.8) is 0 Å². The maximum absolute atomic E-state index is 12.1. The van der Waals surface area contributed by atoms with Crippen LogP contribution in [-0.4, -0.2) is 39.7 Å². The Kier molecular flexibility index (Phi) is 8.26. The summed E-state index contributed by atoms with van der Waals surface area (Å²) in [5, 5.41) is 3.04. The Bertz CT molecular complexity index is 506. The van der Waals surface area contributed by atoms with E-state index in [1.54, 1.807) is 12.3 Å². The molecule has 21 heavy (non-hydrogen) atoms. The van der Waals surface area contributed by atoms with E-state index in [0.29, 0.717) is 31.8 Å². The molecule has 120 valence electrons. The Hall–Kier alpha value is -1.18. The zero-order chi connectivity index (χ0) is 15.6. The van der Waals surface area contributed by atoms with E-state index in [-0.39, 0.29) is 4.90 Å². The number of anilines is 1. The van der Waals surface area contributed by atoms with Gasteiger partial charge in [0.25, 0.3) is 0 Å². The van der Waals surface area contributed by atoms with Gasteiger partial charge in [-0.2, -0.15) is 0 Å². The summed E-state index contributed by atoms with van der Waals surface area (Å²) in [6, 6.07) is 1.58. The molecule has 1 aromatic rings. The second-order valence-electron chi connectivity index (χ2n) is 4.66. The van der Waals surface area contributed by atoms with Gasteiger partial charge in [-0.1, -0.05) is 13.3 Å². The van der Waals surface area contributed by atoms with E-state index >= 15 is 0 Å². The first-order valence-electron chi connectivity index (χ1n) is 7.36. The molecule has 0 saturated carbocycles. The number of hydrogen-bond acceptors (Lipinski definition) is 5. The van der Waals surface area contributed by atoms with E-state index < -0.39 is 10.0 Å². The Morgan fingerprint density at radius 1 is 1.19 bits per heavy atom. The summed E-state index contributed by atoms with van der Waals surface area (Å²) in [4.78, 5) is 4.12. The molecule has 0 aliphatic carbocycles. The third kappa shape index (κ3) is 6.88. The molecule has 0 unspecified atom stereocenters. The smallest absolute Gasteiger partial charge is 0.242 e. The molecule has 0 atom stereocenters. The van der Waals surface area contributed by atoms with Gasteiger partial charge in [0.2, 0.25) is 10.0 Å². The van der Waals surface area contributed by atoms with Gasteiger partial charge >= 0.3 is 0 Å². The van der Waals surface area contributed by atoms with Crippen LogP contribution in [0.4, 0.5) is 5.69 Å². The first kappa shape index (κ1) is 17.9. The first-order valence-corrected chi connectivity index (χ1v) is 8.84. The highest BCUT2D eigenvalue weighted by Crippen LogP contribution is 2.13. The van der Waals surface area contributed by atoms with Gasteiger partial charge in [-0.05, 0) is 25.8 Å². The predicted molar refractivity (Wildman–Crippen MR) is 83.9 cm³/mol. The quantitative estimate of drug-likeness (QED) is 0.611. The lowest BCUT2D eigenvalue weighted by Crippen LogP contribution is -2.25. The Morgan fingerprint density at radius 3 is 2.67 bits per heavy atom. The summed E-state index contributed by atoms with van der Waals surface area (Å²) >= 11 is 0. The summed E-state index contributed by atoms with van der Waals surface area (Å²) in [7, 11) is -3.51. The molecule has 0 amide bonds. The van der Waals surface area contributed by atoms with E-state index in [2.05, 4.69) is 21.9 Å². The van der Waals surface area contributed by atoms with Crippen LogP contribution in [0.2, 0.25) is 0 Å². The number of unbranched alkanes of at least 4 members (excludes halogenated alkanes) is 1. The number of rotatable bonds is 11. The highest BCUT2D eigenvalue weighted by Gasteiger charge is 2.14. The van der Waals surface area contributed by atoms with Crippen molar-refractivity contribution in [2.75, 3.05) is 31.6 Å². The fourth-order valence-corrected chi connectivity index (χ4v) is 2.74. The highest BCUT2D eigenvalue weighted by molar-refractivity contribution is 7.89. The van der Waals surface area contributed by atoms with E-state index in [0.717, 1.165) is 19.4 Å². The predicted octanol–water partition coefficient (Wildman–Crippen LogP) is 2.00. The number of aromatic nitrogens is 1. The number of hydrogen-bond donors (Lipinski definition) is 2. The molecule has 2 N–H and O–H groups in total. The van der Waals surface area contributed by atoms with E-state index in [4.69, 9.17) is 4.74 Å². The molecule has 0 aliphatic heterocycles. The van der Waals surface area contributed by atoms with Crippen molar-refractivity contribution in [3.05, 3.63) is 18.5 Å². The molecule has 0 radical (unpaired) electrons. The Balaban J connectivity index is 2.41. The van der Waals surface area contributed by atoms with Crippen LogP contribution >= 0.6 is 0 Å². The van der Waals surface area contributed by atoms with Crippen molar-refractivity contribution in [3.8, 4) is 0 Å². The number of nitrogens with zero attached hydrogens (tertiary/aromatic N) is 1. The molecular weight excluding hydrogens is 290 g/mol. The summed E-state index contributed by atoms with van der Waals surface area (Å²) in [6.45, 7) is 6.43. The lowest BCUT2D eigenvalue weighted by molar-refractivity contribution is 0.130. The Morgan fingerprint density at radius 2 is 1.95 bits per heavy atom. The molecule has 1 aromatic heterocycles. The molecule has 0 aromatic carbocycles. The molecule has 0 bridgehead atoms. The molecule has 0 aliphatic rings. The third-order valence-electron chi connectivity index (χ3n) is 2.80. The third-order valence-corrected chi connectivity index (χ3v) is 4.23. The second-order valence-corrected chi connectivity index (χ2v) is 6.42. The molecule has 1 heterocycles. The van der Waals surface area contributed by atoms with Crippen molar-refractivity contribution in [2.45, 2.75) is 38.0 Å². The fraction of sp³-hybridized carbons (Fsp3) is 0.643. The molecule has 1 rings (SSSR count). The van der Waals surface area contributed by atoms with E-state index in [1.165, 1.54) is 6.20 Å². The highest BCUT2D eigenvalue weighted by atomic mass is 32.2. The van der Waals surface area contributed by atoms with Crippen LogP contribution in [0, 0.1) is 0 Å². The maximum Gasteiger partial charge on any atom is 0.242 e. The maximum atomic E-state index is 12.1. The Labute approximate surface area is 127 Å². The van der Waals surface area contributed by atoms with Crippen LogP contribution in [0.25, 0.3) is 0 Å². The van der Waals surface area contributed by atoms with Gasteiger partial charge in [0.15, 0.2) is 0 Å². The summed E-state index contributed by atoms with van der Waals surface area (Å²) in [6.07, 6.45) is 5.74. The molecule has 0 saturated heterocycles. The van der Waals surface area contributed by atoms with Crippen LogP contribution < -0.4 is 10.0 Å². The number of pyridine rings is 1. The van der Waals surface area contributed by atoms with Crippen LogP contribution in [0.3, 0.4) is 0 Å². The van der Waals surface area contributed by atoms with Crippen molar-refractivity contribution in [2.24, 2.45) is 0 Å². The van der Waals surface area contributed by atoms with Crippen molar-refractivity contribution < 1.29 is 13.2 Å². The van der Waals surface area contributed by atoms with Gasteiger partial charge < -0.3 is 10.1 Å². The van der Waals surface area contributed by atoms with Gasteiger partial charge in [0.05, 0.1) is 11.9 Å². The standard InChI is InChI=1S/C14H25N3O3S/c1-3-5-8-20-9-6-7-17-21(18,19)14-10-13(16-4-2)11-15-12-14/h10-12,16-17H,3-9H2,1-2H3. The minimum Gasteiger partial charge on any atom is -0.384 e. The monoisotopic (exact) mass is 315 g/mol. The topological polar surface area (TPSA) is 80.3 Å². The molecule has 7 heteroatoms. The van der Waals surface area contributed by atoms with Crippen LogP contribution in [0.1, 0.15) is 33.1 Å². The lowest BCUT2D eigenvalue weighted by atomic mass is 10.4. The largest absolute Gasteiger partial charge is 0.384 e. The van der Waals surface area contributed by atoms with Crippen molar-refractivity contribution in [1.29, 1.82) is 0 Å². The normalized spacial score (nSPS) is 11.5. The first-order chi connectivity index (χ1) is 10.1. The number of nitrogens with one attached hydrogen (secondary N) is 2. The van der Waals surface area contributed by atoms with Gasteiger partial charge in [-0.15, -0.1) is 0 Å². The minimum absolute atomic E-state index is 0.174. The molecular formula is C14H25N3O3S. The van der Waals surface area contributed by atoms with Gasteiger partial charge in [-0.25, -0.2) is 13.1 Å². The molecule has 0 fully saturated rings.